The van der Waals surface area contributed by atoms with Crippen LogP contribution in [-0.2, 0) is 0 Å². The topological polar surface area (TPSA) is 15.3 Å². The van der Waals surface area contributed by atoms with Gasteiger partial charge in [0.15, 0.2) is 0 Å². The highest BCUT2D eigenvalue weighted by molar-refractivity contribution is 5.48. The molecule has 1 aliphatic rings. The van der Waals surface area contributed by atoms with E-state index in [4.69, 9.17) is 0 Å². The summed E-state index contributed by atoms with van der Waals surface area (Å²) in [5, 5.41) is 3.54. The van der Waals surface area contributed by atoms with Gasteiger partial charge in [-0.3, -0.25) is 0 Å². The molecule has 1 aromatic rings. The van der Waals surface area contributed by atoms with Crippen LogP contribution in [0.2, 0.25) is 0 Å². The summed E-state index contributed by atoms with van der Waals surface area (Å²) >= 11 is 0. The molecule has 2 heteroatoms. The maximum Gasteiger partial charge on any atom is 0.0138 e. The number of likely N-dealkylation sites (tertiary alicyclic amines) is 1. The fraction of sp³-hybridized carbons (Fsp3) is 0.529. The molecule has 0 aliphatic carbocycles. The molecule has 104 valence electrons. The Bertz CT molecular complexity index is 384. The average Bonchev–Trinajstić information content (AvgIpc) is 2.89. The van der Waals surface area contributed by atoms with Gasteiger partial charge >= 0.3 is 0 Å². The lowest BCUT2D eigenvalue weighted by molar-refractivity contribution is 0.264. The average molecular weight is 258 g/mol. The Morgan fingerprint density at radius 3 is 2.79 bits per heavy atom. The first-order valence-corrected chi connectivity index (χ1v) is 7.42. The van der Waals surface area contributed by atoms with Crippen LogP contribution in [0.15, 0.2) is 36.4 Å². The van der Waals surface area contributed by atoms with Crippen molar-refractivity contribution in [2.45, 2.75) is 26.3 Å². The maximum atomic E-state index is 3.54. The Kier molecular flexibility index (Phi) is 5.62. The van der Waals surface area contributed by atoms with Crippen LogP contribution in [0.5, 0.6) is 0 Å². The van der Waals surface area contributed by atoms with E-state index in [1.54, 1.807) is 0 Å². The molecular formula is C17H26N2. The lowest BCUT2D eigenvalue weighted by Gasteiger charge is -2.20. The SMILES string of the molecule is CC(C)N1CCC(CNCC=Cc2ccccc2)C1. The highest BCUT2D eigenvalue weighted by Crippen LogP contribution is 2.17. The Hall–Kier alpha value is -1.12. The van der Waals surface area contributed by atoms with E-state index in [2.05, 4.69) is 66.5 Å². The standard InChI is InChI=1S/C17H26N2/c1-15(2)19-12-10-17(14-19)13-18-11-6-9-16-7-4-3-5-8-16/h3-9,15,17-18H,10-14H2,1-2H3. The molecule has 1 unspecified atom stereocenters. The van der Waals surface area contributed by atoms with Crippen molar-refractivity contribution in [1.29, 1.82) is 0 Å². The third-order valence-corrected chi connectivity index (χ3v) is 3.85. The molecule has 1 atom stereocenters. The maximum absolute atomic E-state index is 3.54. The van der Waals surface area contributed by atoms with Crippen LogP contribution in [0.4, 0.5) is 0 Å². The predicted octanol–water partition coefficient (Wildman–Crippen LogP) is 3.02. The predicted molar refractivity (Wildman–Crippen MR) is 83.2 cm³/mol. The first kappa shape index (κ1) is 14.3. The summed E-state index contributed by atoms with van der Waals surface area (Å²) in [5.41, 5.74) is 1.27. The molecule has 1 N–H and O–H groups in total. The van der Waals surface area contributed by atoms with Gasteiger partial charge in [-0.05, 0) is 44.8 Å². The first-order chi connectivity index (χ1) is 9.25. The molecular weight excluding hydrogens is 232 g/mol. The number of hydrogen-bond acceptors (Lipinski definition) is 2. The van der Waals surface area contributed by atoms with Crippen molar-refractivity contribution in [3.05, 3.63) is 42.0 Å². The van der Waals surface area contributed by atoms with E-state index >= 15 is 0 Å². The zero-order valence-electron chi connectivity index (χ0n) is 12.2. The normalized spacial score (nSPS) is 20.7. The quantitative estimate of drug-likeness (QED) is 0.789. The van der Waals surface area contributed by atoms with Crippen LogP contribution in [0.3, 0.4) is 0 Å². The molecule has 1 aliphatic heterocycles. The van der Waals surface area contributed by atoms with Crippen molar-refractivity contribution >= 4 is 6.08 Å². The van der Waals surface area contributed by atoms with Crippen LogP contribution in [0, 0.1) is 5.92 Å². The number of nitrogens with zero attached hydrogens (tertiary/aromatic N) is 1. The third-order valence-electron chi connectivity index (χ3n) is 3.85. The molecule has 1 fully saturated rings. The molecule has 0 saturated carbocycles. The van der Waals surface area contributed by atoms with Crippen molar-refractivity contribution < 1.29 is 0 Å². The van der Waals surface area contributed by atoms with E-state index < -0.39 is 0 Å². The number of nitrogens with one attached hydrogen (secondary N) is 1. The summed E-state index contributed by atoms with van der Waals surface area (Å²) in [7, 11) is 0. The van der Waals surface area contributed by atoms with Gasteiger partial charge in [0.2, 0.25) is 0 Å². The van der Waals surface area contributed by atoms with E-state index in [1.807, 2.05) is 0 Å². The highest BCUT2D eigenvalue weighted by Gasteiger charge is 2.23. The van der Waals surface area contributed by atoms with Crippen molar-refractivity contribution in [1.82, 2.24) is 10.2 Å². The van der Waals surface area contributed by atoms with E-state index in [-0.39, 0.29) is 0 Å². The molecule has 0 amide bonds. The molecule has 1 saturated heterocycles. The Balaban J connectivity index is 1.61. The van der Waals surface area contributed by atoms with Crippen molar-refractivity contribution in [3.63, 3.8) is 0 Å². The van der Waals surface area contributed by atoms with Crippen LogP contribution < -0.4 is 5.32 Å². The van der Waals surface area contributed by atoms with E-state index in [1.165, 1.54) is 25.1 Å². The smallest absolute Gasteiger partial charge is 0.0138 e. The summed E-state index contributed by atoms with van der Waals surface area (Å²) in [6, 6.07) is 11.2. The summed E-state index contributed by atoms with van der Waals surface area (Å²) in [6.45, 7) is 9.21. The van der Waals surface area contributed by atoms with Crippen LogP contribution in [0.25, 0.3) is 6.08 Å². The molecule has 0 radical (unpaired) electrons. The van der Waals surface area contributed by atoms with Gasteiger partial charge in [0.1, 0.15) is 0 Å². The van der Waals surface area contributed by atoms with Gasteiger partial charge < -0.3 is 10.2 Å². The molecule has 0 aromatic heterocycles. The zero-order chi connectivity index (χ0) is 13.5. The Labute approximate surface area is 117 Å². The van der Waals surface area contributed by atoms with Crippen LogP contribution in [-0.4, -0.2) is 37.1 Å². The van der Waals surface area contributed by atoms with Gasteiger partial charge in [-0.25, -0.2) is 0 Å². The summed E-state index contributed by atoms with van der Waals surface area (Å²) in [5.74, 6) is 0.826. The largest absolute Gasteiger partial charge is 0.313 e. The Morgan fingerprint density at radius 2 is 2.11 bits per heavy atom. The fourth-order valence-corrected chi connectivity index (χ4v) is 2.63. The van der Waals surface area contributed by atoms with Crippen LogP contribution in [0.1, 0.15) is 25.8 Å². The van der Waals surface area contributed by atoms with Gasteiger partial charge in [0.25, 0.3) is 0 Å². The molecule has 19 heavy (non-hydrogen) atoms. The van der Waals surface area contributed by atoms with Crippen LogP contribution >= 0.6 is 0 Å². The summed E-state index contributed by atoms with van der Waals surface area (Å²) in [4.78, 5) is 2.58. The second kappa shape index (κ2) is 7.46. The number of benzene rings is 1. The molecule has 2 rings (SSSR count). The second-order valence-electron chi connectivity index (χ2n) is 5.71. The van der Waals surface area contributed by atoms with Gasteiger partial charge in [-0.1, -0.05) is 42.5 Å². The lowest BCUT2D eigenvalue weighted by atomic mass is 10.1. The van der Waals surface area contributed by atoms with E-state index in [0.717, 1.165) is 19.0 Å². The molecule has 1 heterocycles. The van der Waals surface area contributed by atoms with Gasteiger partial charge in [-0.15, -0.1) is 0 Å². The highest BCUT2D eigenvalue weighted by atomic mass is 15.2. The molecule has 0 bridgehead atoms. The van der Waals surface area contributed by atoms with E-state index in [0.29, 0.717) is 6.04 Å². The number of rotatable bonds is 6. The fourth-order valence-electron chi connectivity index (χ4n) is 2.63. The van der Waals surface area contributed by atoms with Gasteiger partial charge in [-0.2, -0.15) is 0 Å². The monoisotopic (exact) mass is 258 g/mol. The van der Waals surface area contributed by atoms with E-state index in [9.17, 15) is 0 Å². The molecule has 0 spiro atoms. The minimum absolute atomic E-state index is 0.697. The summed E-state index contributed by atoms with van der Waals surface area (Å²) in [6.07, 6.45) is 5.74. The zero-order valence-corrected chi connectivity index (χ0v) is 12.2. The Morgan fingerprint density at radius 1 is 1.32 bits per heavy atom. The second-order valence-corrected chi connectivity index (χ2v) is 5.71. The minimum atomic E-state index is 0.697. The minimum Gasteiger partial charge on any atom is -0.313 e. The molecule has 1 aromatic carbocycles. The van der Waals surface area contributed by atoms with Gasteiger partial charge in [0.05, 0.1) is 0 Å². The van der Waals surface area contributed by atoms with Crippen molar-refractivity contribution in [3.8, 4) is 0 Å². The first-order valence-electron chi connectivity index (χ1n) is 7.42. The lowest BCUT2D eigenvalue weighted by Crippen LogP contribution is -2.30. The van der Waals surface area contributed by atoms with Gasteiger partial charge in [0, 0.05) is 19.1 Å². The van der Waals surface area contributed by atoms with Crippen molar-refractivity contribution in [2.24, 2.45) is 5.92 Å². The summed E-state index contributed by atoms with van der Waals surface area (Å²) < 4.78 is 0. The van der Waals surface area contributed by atoms with Crippen molar-refractivity contribution in [2.75, 3.05) is 26.2 Å². The third kappa shape index (κ3) is 4.81. The molecule has 2 nitrogen and oxygen atoms in total. The number of hydrogen-bond donors (Lipinski definition) is 1.